The summed E-state index contributed by atoms with van der Waals surface area (Å²) in [6, 6.07) is 18.5. The third-order valence-electron chi connectivity index (χ3n) is 6.47. The van der Waals surface area contributed by atoms with E-state index in [0.717, 1.165) is 6.07 Å². The topological polar surface area (TPSA) is 144 Å². The summed E-state index contributed by atoms with van der Waals surface area (Å²) in [4.78, 5) is 77.0. The molecule has 0 N–H and O–H groups in total. The average molecular weight is 653 g/mol. The number of esters is 1. The van der Waals surface area contributed by atoms with Crippen LogP contribution in [0.15, 0.2) is 84.9 Å². The number of nitro groups is 1. The van der Waals surface area contributed by atoms with Gasteiger partial charge in [-0.3, -0.25) is 29.3 Å². The highest BCUT2D eigenvalue weighted by Gasteiger charge is 2.46. The number of benzene rings is 4. The molecule has 220 valence electrons. The number of ketones is 1. The molecule has 4 aromatic rings. The van der Waals surface area contributed by atoms with E-state index in [9.17, 15) is 34.1 Å². The fraction of sp³-hybridized carbons (Fsp3) is 0.0333. The van der Waals surface area contributed by atoms with E-state index in [-0.39, 0.29) is 33.0 Å². The minimum atomic E-state index is -1.14. The van der Waals surface area contributed by atoms with Crippen molar-refractivity contribution >= 4 is 70.0 Å². The molecular formula is C30H16Cl3N3O8. The van der Waals surface area contributed by atoms with Gasteiger partial charge < -0.3 is 4.74 Å². The average Bonchev–Trinajstić information content (AvgIpc) is 3.25. The number of amides is 3. The molecule has 0 saturated heterocycles. The molecule has 0 aromatic heterocycles. The van der Waals surface area contributed by atoms with Gasteiger partial charge in [0.15, 0.2) is 5.78 Å². The molecule has 0 unspecified atom stereocenters. The normalized spacial score (nSPS) is 12.1. The summed E-state index contributed by atoms with van der Waals surface area (Å²) in [5.74, 6) is -4.50. The predicted octanol–water partition coefficient (Wildman–Crippen LogP) is 6.31. The van der Waals surface area contributed by atoms with Crippen LogP contribution in [0.5, 0.6) is 5.75 Å². The fourth-order valence-electron chi connectivity index (χ4n) is 4.35. The van der Waals surface area contributed by atoms with Crippen molar-refractivity contribution in [3.05, 3.63) is 138 Å². The highest BCUT2D eigenvalue weighted by molar-refractivity contribution is 6.36. The number of ether oxygens (including phenoxy) is 1. The van der Waals surface area contributed by atoms with E-state index in [1.165, 1.54) is 78.9 Å². The van der Waals surface area contributed by atoms with Crippen molar-refractivity contribution in [1.82, 2.24) is 10.0 Å². The number of Topliss-reactive ketones (excluding diaryl/α,β-unsaturated/α-hetero) is 1. The van der Waals surface area contributed by atoms with Crippen LogP contribution in [0.4, 0.5) is 5.69 Å². The molecule has 5 rings (SSSR count). The third kappa shape index (κ3) is 5.88. The smallest absolute Gasteiger partial charge is 0.345 e. The Balaban J connectivity index is 1.42. The molecule has 4 aromatic carbocycles. The summed E-state index contributed by atoms with van der Waals surface area (Å²) in [6.45, 7) is -0.805. The fourth-order valence-corrected chi connectivity index (χ4v) is 4.97. The summed E-state index contributed by atoms with van der Waals surface area (Å²) in [5.41, 5.74) is -1.34. The number of hydrogen-bond acceptors (Lipinski definition) is 8. The summed E-state index contributed by atoms with van der Waals surface area (Å²) in [6.07, 6.45) is 0. The van der Waals surface area contributed by atoms with Crippen LogP contribution in [-0.2, 0) is 0 Å². The van der Waals surface area contributed by atoms with E-state index >= 15 is 0 Å². The highest BCUT2D eigenvalue weighted by Crippen LogP contribution is 2.32. The molecule has 0 spiro atoms. The molecule has 0 saturated carbocycles. The molecule has 0 bridgehead atoms. The van der Waals surface area contributed by atoms with Crippen molar-refractivity contribution in [3.8, 4) is 5.75 Å². The van der Waals surface area contributed by atoms with Gasteiger partial charge in [0.25, 0.3) is 23.4 Å². The molecule has 0 aliphatic carbocycles. The lowest BCUT2D eigenvalue weighted by Crippen LogP contribution is -2.51. The Hall–Kier alpha value is -5.10. The molecule has 11 nitrogen and oxygen atoms in total. The van der Waals surface area contributed by atoms with Gasteiger partial charge in [-0.1, -0.05) is 40.9 Å². The number of carbonyl (C=O) groups is 5. The molecular weight excluding hydrogens is 637 g/mol. The molecule has 1 aliphatic rings. The van der Waals surface area contributed by atoms with E-state index in [0.29, 0.717) is 20.1 Å². The third-order valence-corrected chi connectivity index (χ3v) is 7.27. The van der Waals surface area contributed by atoms with Crippen LogP contribution in [0, 0.1) is 10.1 Å². The molecule has 44 heavy (non-hydrogen) atoms. The van der Waals surface area contributed by atoms with Crippen molar-refractivity contribution in [3.63, 3.8) is 0 Å². The van der Waals surface area contributed by atoms with Crippen molar-refractivity contribution in [2.45, 2.75) is 0 Å². The second-order valence-electron chi connectivity index (χ2n) is 9.21. The summed E-state index contributed by atoms with van der Waals surface area (Å²) >= 11 is 17.8. The minimum absolute atomic E-state index is 0.0172. The number of fused-ring (bicyclic) bond motifs is 1. The molecule has 1 heterocycles. The number of carbonyl (C=O) groups excluding carboxylic acids is 5. The van der Waals surface area contributed by atoms with Crippen LogP contribution < -0.4 is 4.74 Å². The van der Waals surface area contributed by atoms with Crippen molar-refractivity contribution in [1.29, 1.82) is 0 Å². The first-order valence-electron chi connectivity index (χ1n) is 12.5. The predicted molar refractivity (Wildman–Crippen MR) is 158 cm³/mol. The Morgan fingerprint density at radius 2 is 1.45 bits per heavy atom. The van der Waals surface area contributed by atoms with Gasteiger partial charge in [-0.15, -0.1) is 0 Å². The van der Waals surface area contributed by atoms with Gasteiger partial charge in [-0.25, -0.2) is 9.80 Å². The monoisotopic (exact) mass is 651 g/mol. The lowest BCUT2D eigenvalue weighted by atomic mass is 10.1. The Morgan fingerprint density at radius 1 is 0.818 bits per heavy atom. The lowest BCUT2D eigenvalue weighted by molar-refractivity contribution is -0.385. The Morgan fingerprint density at radius 3 is 2.09 bits per heavy atom. The Bertz CT molecular complexity index is 1880. The van der Waals surface area contributed by atoms with Crippen LogP contribution in [0.3, 0.4) is 0 Å². The number of halogens is 3. The van der Waals surface area contributed by atoms with Crippen LogP contribution in [0.25, 0.3) is 0 Å². The summed E-state index contributed by atoms with van der Waals surface area (Å²) in [7, 11) is 0. The second-order valence-corrected chi connectivity index (χ2v) is 10.5. The molecule has 1 aliphatic heterocycles. The van der Waals surface area contributed by atoms with Crippen molar-refractivity contribution in [2.24, 2.45) is 0 Å². The molecule has 0 atom stereocenters. The number of nitro benzene ring substituents is 1. The van der Waals surface area contributed by atoms with E-state index in [1.807, 2.05) is 0 Å². The van der Waals surface area contributed by atoms with E-state index in [2.05, 4.69) is 0 Å². The SMILES string of the molecule is O=C(CN(C(=O)c1ccc(Cl)cc1)N1C(=O)c2cccc([N+](=O)[O-])c2C1=O)c1ccc(OC(=O)c2ccc(Cl)cc2Cl)cc1. The lowest BCUT2D eigenvalue weighted by Gasteiger charge is -2.29. The van der Waals surface area contributed by atoms with Gasteiger partial charge in [-0.2, -0.15) is 5.01 Å². The zero-order valence-corrected chi connectivity index (χ0v) is 24.3. The largest absolute Gasteiger partial charge is 0.423 e. The van der Waals surface area contributed by atoms with Gasteiger partial charge in [0.2, 0.25) is 0 Å². The Labute approximate surface area is 263 Å². The first-order valence-corrected chi connectivity index (χ1v) is 13.6. The minimum Gasteiger partial charge on any atom is -0.423 e. The Kier molecular flexibility index (Phi) is 8.45. The summed E-state index contributed by atoms with van der Waals surface area (Å²) in [5, 5.41) is 13.3. The van der Waals surface area contributed by atoms with Crippen LogP contribution in [-0.4, -0.2) is 51.0 Å². The first kappa shape index (κ1) is 30.4. The standard InChI is InChI=1S/C30H16Cl3N3O8/c31-18-8-4-17(5-9-18)27(38)34(35-28(39)22-2-1-3-24(36(42)43)26(22)29(35)40)15-25(37)16-6-11-20(12-7-16)44-30(41)21-13-10-19(32)14-23(21)33/h1-14H,15H2. The van der Waals surface area contributed by atoms with Gasteiger partial charge in [0, 0.05) is 27.2 Å². The van der Waals surface area contributed by atoms with Crippen LogP contribution >= 0.6 is 34.8 Å². The van der Waals surface area contributed by atoms with Gasteiger partial charge >= 0.3 is 5.97 Å². The van der Waals surface area contributed by atoms with E-state index < -0.39 is 52.2 Å². The zero-order chi connectivity index (χ0) is 31.7. The first-order chi connectivity index (χ1) is 21.0. The van der Waals surface area contributed by atoms with Crippen molar-refractivity contribution < 1.29 is 33.6 Å². The molecule has 14 heteroatoms. The van der Waals surface area contributed by atoms with Gasteiger partial charge in [-0.05, 0) is 72.8 Å². The van der Waals surface area contributed by atoms with Gasteiger partial charge in [0.05, 0.1) is 21.1 Å². The molecule has 0 radical (unpaired) electrons. The maximum Gasteiger partial charge on any atom is 0.345 e. The molecule has 3 amide bonds. The number of hydrazine groups is 1. The van der Waals surface area contributed by atoms with Gasteiger partial charge in [0.1, 0.15) is 17.9 Å². The van der Waals surface area contributed by atoms with Crippen LogP contribution in [0.1, 0.15) is 51.8 Å². The van der Waals surface area contributed by atoms with E-state index in [1.54, 1.807) is 0 Å². The number of nitrogens with zero attached hydrogens (tertiary/aromatic N) is 3. The van der Waals surface area contributed by atoms with Crippen molar-refractivity contribution in [2.75, 3.05) is 6.54 Å². The zero-order valence-electron chi connectivity index (χ0n) is 22.0. The highest BCUT2D eigenvalue weighted by atomic mass is 35.5. The number of imide groups is 1. The van der Waals surface area contributed by atoms with E-state index in [4.69, 9.17) is 39.5 Å². The maximum absolute atomic E-state index is 13.6. The second kappa shape index (κ2) is 12.3. The molecule has 0 fully saturated rings. The maximum atomic E-state index is 13.6. The number of rotatable bonds is 8. The quantitative estimate of drug-likeness (QED) is 0.0538. The summed E-state index contributed by atoms with van der Waals surface area (Å²) < 4.78 is 5.31. The van der Waals surface area contributed by atoms with Crippen LogP contribution in [0.2, 0.25) is 15.1 Å². The number of hydrogen-bond donors (Lipinski definition) is 0.